The maximum Gasteiger partial charge on any atom is 0.330 e. The van der Waals surface area contributed by atoms with E-state index < -0.39 is 22.8 Å². The highest BCUT2D eigenvalue weighted by atomic mass is 16.5. The van der Waals surface area contributed by atoms with E-state index in [0.717, 1.165) is 0 Å². The van der Waals surface area contributed by atoms with Crippen molar-refractivity contribution in [1.29, 1.82) is 0 Å². The Kier molecular flexibility index (Phi) is 6.20. The van der Waals surface area contributed by atoms with Crippen LogP contribution in [0.15, 0.2) is 18.3 Å². The van der Waals surface area contributed by atoms with Crippen molar-refractivity contribution in [1.82, 2.24) is 10.3 Å². The molecule has 1 fully saturated rings. The Morgan fingerprint density at radius 2 is 2.12 bits per heavy atom. The Morgan fingerprint density at radius 3 is 2.69 bits per heavy atom. The van der Waals surface area contributed by atoms with Crippen LogP contribution in [0.1, 0.15) is 37.6 Å². The molecular weight excluding hydrogens is 340 g/mol. The lowest BCUT2D eigenvalue weighted by atomic mass is 9.54. The van der Waals surface area contributed by atoms with Crippen LogP contribution in [0.2, 0.25) is 0 Å². The predicted molar refractivity (Wildman–Crippen MR) is 93.3 cm³/mol. The van der Waals surface area contributed by atoms with Gasteiger partial charge in [-0.2, -0.15) is 0 Å². The van der Waals surface area contributed by atoms with Gasteiger partial charge in [-0.1, -0.05) is 13.8 Å². The van der Waals surface area contributed by atoms with Gasteiger partial charge in [0.1, 0.15) is 12.1 Å². The van der Waals surface area contributed by atoms with E-state index >= 15 is 0 Å². The molecule has 2 N–H and O–H groups in total. The number of carboxylic acid groups (broad SMARTS) is 1. The lowest BCUT2D eigenvalue weighted by Crippen LogP contribution is -2.76. The number of hydrogen-bond acceptors (Lipinski definition) is 6. The number of aromatic nitrogens is 1. The lowest BCUT2D eigenvalue weighted by molar-refractivity contribution is -0.190. The fourth-order valence-corrected chi connectivity index (χ4v) is 3.16. The SMILES string of the molecule is CCOC1CC(NC(=O)c2ccnc(OCCOC)c2)(C(=O)O)C1(C)C. The fraction of sp³-hybridized carbons (Fsp3) is 0.611. The molecule has 0 aromatic carbocycles. The topological polar surface area (TPSA) is 107 Å². The van der Waals surface area contributed by atoms with Gasteiger partial charge in [0.2, 0.25) is 5.88 Å². The van der Waals surface area contributed by atoms with Gasteiger partial charge in [0, 0.05) is 43.4 Å². The second kappa shape index (κ2) is 8.01. The molecule has 2 atom stereocenters. The van der Waals surface area contributed by atoms with Crippen molar-refractivity contribution in [3.8, 4) is 5.88 Å². The first-order valence-electron chi connectivity index (χ1n) is 8.53. The summed E-state index contributed by atoms with van der Waals surface area (Å²) in [6, 6.07) is 2.99. The molecular formula is C18H26N2O6. The molecule has 1 aliphatic rings. The van der Waals surface area contributed by atoms with Crippen LogP contribution < -0.4 is 10.1 Å². The largest absolute Gasteiger partial charge is 0.479 e. The third-order valence-corrected chi connectivity index (χ3v) is 4.99. The molecule has 2 rings (SSSR count). The zero-order valence-corrected chi connectivity index (χ0v) is 15.6. The van der Waals surface area contributed by atoms with Gasteiger partial charge < -0.3 is 24.6 Å². The molecule has 0 radical (unpaired) electrons. The Bertz CT molecular complexity index is 663. The van der Waals surface area contributed by atoms with Crippen molar-refractivity contribution in [2.24, 2.45) is 5.41 Å². The molecule has 26 heavy (non-hydrogen) atoms. The summed E-state index contributed by atoms with van der Waals surface area (Å²) in [5, 5.41) is 12.5. The van der Waals surface area contributed by atoms with Gasteiger partial charge in [0.15, 0.2) is 0 Å². The number of aliphatic carboxylic acids is 1. The zero-order valence-electron chi connectivity index (χ0n) is 15.6. The number of pyridine rings is 1. The van der Waals surface area contributed by atoms with E-state index in [9.17, 15) is 14.7 Å². The van der Waals surface area contributed by atoms with Crippen LogP contribution in [0.4, 0.5) is 0 Å². The summed E-state index contributed by atoms with van der Waals surface area (Å²) in [6.07, 6.45) is 1.44. The van der Waals surface area contributed by atoms with Gasteiger partial charge in [0.25, 0.3) is 5.91 Å². The number of hydrogen-bond donors (Lipinski definition) is 2. The van der Waals surface area contributed by atoms with Gasteiger partial charge in [-0.05, 0) is 13.0 Å². The lowest BCUT2D eigenvalue weighted by Gasteiger charge is -2.58. The van der Waals surface area contributed by atoms with Crippen molar-refractivity contribution in [3.05, 3.63) is 23.9 Å². The standard InChI is InChI=1S/C18H26N2O6/c1-5-25-13-11-18(16(22)23,17(13,2)3)20-15(21)12-6-7-19-14(10-12)26-9-8-24-4/h6-7,10,13H,5,8-9,11H2,1-4H3,(H,20,21)(H,22,23). The molecule has 1 amide bonds. The van der Waals surface area contributed by atoms with Crippen molar-refractivity contribution in [2.75, 3.05) is 26.9 Å². The summed E-state index contributed by atoms with van der Waals surface area (Å²) >= 11 is 0. The quantitative estimate of drug-likeness (QED) is 0.638. The Balaban J connectivity index is 2.14. The van der Waals surface area contributed by atoms with Crippen molar-refractivity contribution >= 4 is 11.9 Å². The molecule has 0 spiro atoms. The molecule has 1 aromatic heterocycles. The van der Waals surface area contributed by atoms with E-state index in [4.69, 9.17) is 14.2 Å². The minimum atomic E-state index is -1.38. The van der Waals surface area contributed by atoms with Crippen LogP contribution in [0, 0.1) is 5.41 Å². The van der Waals surface area contributed by atoms with E-state index in [0.29, 0.717) is 19.8 Å². The Labute approximate surface area is 152 Å². The number of nitrogens with one attached hydrogen (secondary N) is 1. The smallest absolute Gasteiger partial charge is 0.330 e. The van der Waals surface area contributed by atoms with Gasteiger partial charge in [0.05, 0.1) is 12.7 Å². The maximum atomic E-state index is 12.7. The number of carbonyl (C=O) groups is 2. The molecule has 0 aliphatic heterocycles. The van der Waals surface area contributed by atoms with E-state index in [2.05, 4.69) is 10.3 Å². The zero-order chi connectivity index (χ0) is 19.4. The van der Waals surface area contributed by atoms with Gasteiger partial charge in [-0.3, -0.25) is 4.79 Å². The molecule has 0 bridgehead atoms. The monoisotopic (exact) mass is 366 g/mol. The highest BCUT2D eigenvalue weighted by Crippen LogP contribution is 2.51. The van der Waals surface area contributed by atoms with Crippen LogP contribution in [0.3, 0.4) is 0 Å². The number of methoxy groups -OCH3 is 1. The number of amides is 1. The number of rotatable bonds is 9. The third kappa shape index (κ3) is 3.66. The Hall–Kier alpha value is -2.19. The first kappa shape index (κ1) is 20.1. The molecule has 144 valence electrons. The molecule has 1 aliphatic carbocycles. The van der Waals surface area contributed by atoms with Gasteiger partial charge in [-0.25, -0.2) is 9.78 Å². The van der Waals surface area contributed by atoms with Crippen molar-refractivity contribution in [2.45, 2.75) is 38.8 Å². The van der Waals surface area contributed by atoms with Crippen molar-refractivity contribution in [3.63, 3.8) is 0 Å². The van der Waals surface area contributed by atoms with E-state index in [1.165, 1.54) is 18.3 Å². The number of carboxylic acids is 1. The summed E-state index contributed by atoms with van der Waals surface area (Å²) in [5.74, 6) is -1.29. The van der Waals surface area contributed by atoms with Crippen LogP contribution in [-0.4, -0.2) is 60.5 Å². The molecule has 0 saturated heterocycles. The van der Waals surface area contributed by atoms with Crippen LogP contribution >= 0.6 is 0 Å². The number of nitrogens with zero attached hydrogens (tertiary/aromatic N) is 1. The first-order valence-corrected chi connectivity index (χ1v) is 8.53. The van der Waals surface area contributed by atoms with Crippen LogP contribution in [-0.2, 0) is 14.3 Å². The fourth-order valence-electron chi connectivity index (χ4n) is 3.16. The summed E-state index contributed by atoms with van der Waals surface area (Å²) in [5.41, 5.74) is -1.84. The molecule has 1 aromatic rings. The molecule has 2 unspecified atom stereocenters. The van der Waals surface area contributed by atoms with E-state index in [-0.39, 0.29) is 24.0 Å². The minimum Gasteiger partial charge on any atom is -0.479 e. The molecule has 1 heterocycles. The Morgan fingerprint density at radius 1 is 1.38 bits per heavy atom. The normalized spacial score (nSPS) is 23.8. The molecule has 8 heteroatoms. The highest BCUT2D eigenvalue weighted by Gasteiger charge is 2.66. The molecule has 1 saturated carbocycles. The van der Waals surface area contributed by atoms with E-state index in [1.54, 1.807) is 21.0 Å². The minimum absolute atomic E-state index is 0.219. The summed E-state index contributed by atoms with van der Waals surface area (Å²) in [6.45, 7) is 6.62. The van der Waals surface area contributed by atoms with Gasteiger partial charge >= 0.3 is 5.97 Å². The summed E-state index contributed by atoms with van der Waals surface area (Å²) in [7, 11) is 1.56. The van der Waals surface area contributed by atoms with Crippen LogP contribution in [0.5, 0.6) is 5.88 Å². The van der Waals surface area contributed by atoms with Gasteiger partial charge in [-0.15, -0.1) is 0 Å². The van der Waals surface area contributed by atoms with Crippen molar-refractivity contribution < 1.29 is 28.9 Å². The molecule has 8 nitrogen and oxygen atoms in total. The average Bonchev–Trinajstić information content (AvgIpc) is 2.60. The maximum absolute atomic E-state index is 12.7. The second-order valence-electron chi connectivity index (χ2n) is 6.76. The number of ether oxygens (including phenoxy) is 3. The average molecular weight is 366 g/mol. The number of carbonyl (C=O) groups excluding carboxylic acids is 1. The predicted octanol–water partition coefficient (Wildman–Crippen LogP) is 1.49. The second-order valence-corrected chi connectivity index (χ2v) is 6.76. The first-order chi connectivity index (χ1) is 12.3. The summed E-state index contributed by atoms with van der Waals surface area (Å²) in [4.78, 5) is 28.7. The third-order valence-electron chi connectivity index (χ3n) is 4.99. The summed E-state index contributed by atoms with van der Waals surface area (Å²) < 4.78 is 15.9. The highest BCUT2D eigenvalue weighted by molar-refractivity contribution is 5.98. The van der Waals surface area contributed by atoms with Crippen LogP contribution in [0.25, 0.3) is 0 Å². The van der Waals surface area contributed by atoms with E-state index in [1.807, 2.05) is 6.92 Å².